The minimum Gasteiger partial charge on any atom is -0.385 e. The second-order valence-corrected chi connectivity index (χ2v) is 5.59. The SMILES string of the molecule is CC1(C)CC(C(O)c2ncn[nH]2)C(C)(C)O1. The number of aliphatic hydroxyl groups is 1. The van der Waals surface area contributed by atoms with Crippen LogP contribution < -0.4 is 0 Å². The maximum atomic E-state index is 10.3. The van der Waals surface area contributed by atoms with E-state index in [1.54, 1.807) is 0 Å². The lowest BCUT2D eigenvalue weighted by Crippen LogP contribution is -2.33. The number of nitrogens with one attached hydrogen (secondary N) is 1. The van der Waals surface area contributed by atoms with Crippen LogP contribution in [0.5, 0.6) is 0 Å². The van der Waals surface area contributed by atoms with Crippen molar-refractivity contribution in [2.75, 3.05) is 0 Å². The Morgan fingerprint density at radius 1 is 1.50 bits per heavy atom. The lowest BCUT2D eigenvalue weighted by molar-refractivity contribution is -0.0888. The molecule has 1 aliphatic heterocycles. The van der Waals surface area contributed by atoms with E-state index in [0.29, 0.717) is 5.82 Å². The lowest BCUT2D eigenvalue weighted by atomic mass is 9.83. The van der Waals surface area contributed by atoms with Crippen LogP contribution in [0.1, 0.15) is 46.0 Å². The molecule has 2 atom stereocenters. The molecular weight excluding hydrogens is 206 g/mol. The largest absolute Gasteiger partial charge is 0.385 e. The number of aliphatic hydroxyl groups excluding tert-OH is 1. The lowest BCUT2D eigenvalue weighted by Gasteiger charge is -2.29. The Labute approximate surface area is 95.2 Å². The first-order valence-corrected chi connectivity index (χ1v) is 5.55. The van der Waals surface area contributed by atoms with Crippen LogP contribution in [0.2, 0.25) is 0 Å². The third-order valence-electron chi connectivity index (χ3n) is 3.24. The molecule has 0 saturated carbocycles. The topological polar surface area (TPSA) is 71.0 Å². The molecule has 2 unspecified atom stereocenters. The summed E-state index contributed by atoms with van der Waals surface area (Å²) >= 11 is 0. The summed E-state index contributed by atoms with van der Waals surface area (Å²) in [6.07, 6.45) is 1.56. The molecule has 5 nitrogen and oxygen atoms in total. The number of nitrogens with zero attached hydrogens (tertiary/aromatic N) is 2. The minimum absolute atomic E-state index is 0.0236. The van der Waals surface area contributed by atoms with Crippen LogP contribution in [0.3, 0.4) is 0 Å². The molecule has 0 aliphatic carbocycles. The molecule has 2 heterocycles. The highest BCUT2D eigenvalue weighted by Gasteiger charge is 2.49. The molecule has 0 radical (unpaired) electrons. The monoisotopic (exact) mass is 225 g/mol. The van der Waals surface area contributed by atoms with E-state index in [1.165, 1.54) is 6.33 Å². The number of aromatic nitrogens is 3. The van der Waals surface area contributed by atoms with Gasteiger partial charge in [-0.25, -0.2) is 4.98 Å². The highest BCUT2D eigenvalue weighted by Crippen LogP contribution is 2.46. The first-order valence-electron chi connectivity index (χ1n) is 5.55. The standard InChI is InChI=1S/C11H19N3O2/c1-10(2)5-7(11(3,4)16-10)8(15)9-12-6-13-14-9/h6-8,15H,5H2,1-4H3,(H,12,13,14). The van der Waals surface area contributed by atoms with Crippen LogP contribution >= 0.6 is 0 Å². The van der Waals surface area contributed by atoms with Gasteiger partial charge in [0.2, 0.25) is 0 Å². The number of rotatable bonds is 2. The van der Waals surface area contributed by atoms with Gasteiger partial charge >= 0.3 is 0 Å². The van der Waals surface area contributed by atoms with Gasteiger partial charge < -0.3 is 9.84 Å². The summed E-state index contributed by atoms with van der Waals surface area (Å²) in [5, 5.41) is 16.7. The zero-order valence-corrected chi connectivity index (χ0v) is 10.2. The Morgan fingerprint density at radius 3 is 2.62 bits per heavy atom. The van der Waals surface area contributed by atoms with Gasteiger partial charge in [-0.1, -0.05) is 0 Å². The number of aromatic amines is 1. The molecule has 5 heteroatoms. The number of ether oxygens (including phenoxy) is 1. The molecule has 0 amide bonds. The summed E-state index contributed by atoms with van der Waals surface area (Å²) in [6.45, 7) is 8.10. The van der Waals surface area contributed by atoms with Gasteiger partial charge in [-0.2, -0.15) is 5.10 Å². The molecule has 0 spiro atoms. The summed E-state index contributed by atoms with van der Waals surface area (Å²) in [6, 6.07) is 0. The van der Waals surface area contributed by atoms with Gasteiger partial charge in [-0.3, -0.25) is 5.10 Å². The van der Waals surface area contributed by atoms with Gasteiger partial charge in [0.25, 0.3) is 0 Å². The number of H-pyrrole nitrogens is 1. The predicted octanol–water partition coefficient (Wildman–Crippen LogP) is 1.43. The Balaban J connectivity index is 2.22. The molecule has 1 saturated heterocycles. The summed E-state index contributed by atoms with van der Waals surface area (Å²) in [4.78, 5) is 4.00. The van der Waals surface area contributed by atoms with Crippen molar-refractivity contribution in [1.82, 2.24) is 15.2 Å². The van der Waals surface area contributed by atoms with Gasteiger partial charge in [0, 0.05) is 5.92 Å². The molecule has 2 N–H and O–H groups in total. The second-order valence-electron chi connectivity index (χ2n) is 5.59. The molecule has 16 heavy (non-hydrogen) atoms. The van der Waals surface area contributed by atoms with Crippen molar-refractivity contribution in [3.8, 4) is 0 Å². The van der Waals surface area contributed by atoms with E-state index in [1.807, 2.05) is 27.7 Å². The van der Waals surface area contributed by atoms with Crippen molar-refractivity contribution in [2.45, 2.75) is 51.4 Å². The Kier molecular flexibility index (Phi) is 2.55. The zero-order valence-electron chi connectivity index (χ0n) is 10.2. The van der Waals surface area contributed by atoms with Crippen LogP contribution in [0, 0.1) is 5.92 Å². The first kappa shape index (κ1) is 11.5. The molecule has 1 aromatic rings. The maximum Gasteiger partial charge on any atom is 0.153 e. The van der Waals surface area contributed by atoms with E-state index in [0.717, 1.165) is 6.42 Å². The maximum absolute atomic E-state index is 10.3. The van der Waals surface area contributed by atoms with Crippen LogP contribution in [-0.2, 0) is 4.74 Å². The summed E-state index contributed by atoms with van der Waals surface area (Å²) < 4.78 is 5.95. The van der Waals surface area contributed by atoms with Crippen LogP contribution in [-0.4, -0.2) is 31.5 Å². The smallest absolute Gasteiger partial charge is 0.153 e. The Bertz CT molecular complexity index is 359. The molecule has 0 aromatic carbocycles. The van der Waals surface area contributed by atoms with E-state index in [9.17, 15) is 5.11 Å². The fourth-order valence-electron chi connectivity index (χ4n) is 2.64. The minimum atomic E-state index is -0.653. The predicted molar refractivity (Wildman–Crippen MR) is 58.7 cm³/mol. The van der Waals surface area contributed by atoms with Gasteiger partial charge in [-0.15, -0.1) is 0 Å². The quantitative estimate of drug-likeness (QED) is 0.798. The van der Waals surface area contributed by atoms with E-state index in [4.69, 9.17) is 4.74 Å². The van der Waals surface area contributed by atoms with Gasteiger partial charge in [0.05, 0.1) is 11.2 Å². The van der Waals surface area contributed by atoms with Crippen molar-refractivity contribution >= 4 is 0 Å². The van der Waals surface area contributed by atoms with Crippen LogP contribution in [0.15, 0.2) is 6.33 Å². The Hall–Kier alpha value is -0.940. The molecule has 1 aliphatic rings. The van der Waals surface area contributed by atoms with Gasteiger partial charge in [0.15, 0.2) is 5.82 Å². The molecule has 90 valence electrons. The normalized spacial score (nSPS) is 29.2. The van der Waals surface area contributed by atoms with Gasteiger partial charge in [-0.05, 0) is 34.1 Å². The molecule has 0 bridgehead atoms. The van der Waals surface area contributed by atoms with E-state index >= 15 is 0 Å². The number of hydrogen-bond acceptors (Lipinski definition) is 4. The van der Waals surface area contributed by atoms with E-state index in [-0.39, 0.29) is 17.1 Å². The summed E-state index contributed by atoms with van der Waals surface area (Å²) in [7, 11) is 0. The van der Waals surface area contributed by atoms with Gasteiger partial charge in [0.1, 0.15) is 12.4 Å². The molecule has 1 aromatic heterocycles. The van der Waals surface area contributed by atoms with Crippen molar-refractivity contribution in [3.63, 3.8) is 0 Å². The first-order chi connectivity index (χ1) is 7.32. The second kappa shape index (κ2) is 3.53. The fraction of sp³-hybridized carbons (Fsp3) is 0.818. The summed E-state index contributed by atoms with van der Waals surface area (Å²) in [5.41, 5.74) is -0.551. The van der Waals surface area contributed by atoms with Crippen molar-refractivity contribution in [3.05, 3.63) is 12.2 Å². The third-order valence-corrected chi connectivity index (χ3v) is 3.24. The average Bonchev–Trinajstić information content (AvgIpc) is 2.69. The fourth-order valence-corrected chi connectivity index (χ4v) is 2.64. The Morgan fingerprint density at radius 2 is 2.19 bits per heavy atom. The highest BCUT2D eigenvalue weighted by atomic mass is 16.5. The van der Waals surface area contributed by atoms with Crippen molar-refractivity contribution in [1.29, 1.82) is 0 Å². The van der Waals surface area contributed by atoms with E-state index < -0.39 is 6.10 Å². The van der Waals surface area contributed by atoms with E-state index in [2.05, 4.69) is 15.2 Å². The third kappa shape index (κ3) is 1.97. The zero-order chi connectivity index (χ0) is 12.0. The highest BCUT2D eigenvalue weighted by molar-refractivity contribution is 5.02. The average molecular weight is 225 g/mol. The number of hydrogen-bond donors (Lipinski definition) is 2. The van der Waals surface area contributed by atoms with Crippen LogP contribution in [0.25, 0.3) is 0 Å². The van der Waals surface area contributed by atoms with Crippen molar-refractivity contribution in [2.24, 2.45) is 5.92 Å². The van der Waals surface area contributed by atoms with Crippen LogP contribution in [0.4, 0.5) is 0 Å². The molecule has 2 rings (SSSR count). The molecular formula is C11H19N3O2. The van der Waals surface area contributed by atoms with Crippen molar-refractivity contribution < 1.29 is 9.84 Å². The molecule has 1 fully saturated rings. The summed E-state index contributed by atoms with van der Waals surface area (Å²) in [5.74, 6) is 0.537.